The number of aryl methyl sites for hydroxylation is 1. The Labute approximate surface area is 148 Å². The molecule has 0 amide bonds. The van der Waals surface area contributed by atoms with Crippen molar-refractivity contribution < 1.29 is 4.74 Å². The maximum atomic E-state index is 11.4. The molecule has 3 heteroatoms. The molecule has 136 valence electrons. The fraction of sp³-hybridized carbons (Fsp3) is 0.714. The predicted octanol–water partition coefficient (Wildman–Crippen LogP) is 5.91. The Bertz CT molecular complexity index is 417. The molecule has 24 heavy (non-hydrogen) atoms. The SMILES string of the molecule is CCCC=[N+]([O-])CCCCCCCCCCCCc1cccnc1. The lowest BCUT2D eigenvalue weighted by molar-refractivity contribution is -0.454. The second kappa shape index (κ2) is 15.2. The summed E-state index contributed by atoms with van der Waals surface area (Å²) < 4.78 is 1.12. The zero-order valence-electron chi connectivity index (χ0n) is 15.6. The molecule has 0 spiro atoms. The molecule has 0 N–H and O–H groups in total. The van der Waals surface area contributed by atoms with Crippen LogP contribution < -0.4 is 0 Å². The molecule has 0 aromatic carbocycles. The maximum absolute atomic E-state index is 11.4. The molecule has 1 aromatic heterocycles. The summed E-state index contributed by atoms with van der Waals surface area (Å²) in [4.78, 5) is 4.16. The highest BCUT2D eigenvalue weighted by Crippen LogP contribution is 2.12. The molecule has 0 fully saturated rings. The van der Waals surface area contributed by atoms with Gasteiger partial charge in [-0.1, -0.05) is 57.9 Å². The van der Waals surface area contributed by atoms with Gasteiger partial charge in [0.2, 0.25) is 0 Å². The molecular weight excluding hydrogens is 296 g/mol. The Morgan fingerprint density at radius 2 is 1.58 bits per heavy atom. The lowest BCUT2D eigenvalue weighted by Crippen LogP contribution is -2.06. The van der Waals surface area contributed by atoms with Gasteiger partial charge in [-0.2, -0.15) is 0 Å². The first kappa shape index (κ1) is 20.7. The highest BCUT2D eigenvalue weighted by Gasteiger charge is 1.97. The molecule has 0 atom stereocenters. The van der Waals surface area contributed by atoms with Crippen LogP contribution in [0, 0.1) is 5.21 Å². The Balaban J connectivity index is 1.79. The van der Waals surface area contributed by atoms with Crippen molar-refractivity contribution in [3.05, 3.63) is 35.3 Å². The molecule has 0 bridgehead atoms. The molecule has 1 aromatic rings. The minimum absolute atomic E-state index is 0.678. The van der Waals surface area contributed by atoms with E-state index in [-0.39, 0.29) is 0 Å². The van der Waals surface area contributed by atoms with E-state index in [9.17, 15) is 5.21 Å². The van der Waals surface area contributed by atoms with Gasteiger partial charge in [0.15, 0.2) is 12.8 Å². The van der Waals surface area contributed by atoms with Gasteiger partial charge in [-0.25, -0.2) is 4.74 Å². The van der Waals surface area contributed by atoms with Crippen molar-refractivity contribution >= 4 is 6.21 Å². The molecule has 0 unspecified atom stereocenters. The van der Waals surface area contributed by atoms with Crippen LogP contribution in [-0.4, -0.2) is 22.5 Å². The van der Waals surface area contributed by atoms with E-state index >= 15 is 0 Å². The summed E-state index contributed by atoms with van der Waals surface area (Å²) in [6.45, 7) is 2.78. The van der Waals surface area contributed by atoms with Crippen molar-refractivity contribution in [3.8, 4) is 0 Å². The van der Waals surface area contributed by atoms with Gasteiger partial charge >= 0.3 is 0 Å². The van der Waals surface area contributed by atoms with Gasteiger partial charge in [0.05, 0.1) is 0 Å². The first-order valence-electron chi connectivity index (χ1n) is 9.99. The van der Waals surface area contributed by atoms with Gasteiger partial charge in [-0.15, -0.1) is 0 Å². The molecular formula is C21H36N2O. The fourth-order valence-corrected chi connectivity index (χ4v) is 2.92. The first-order chi connectivity index (χ1) is 11.8. The van der Waals surface area contributed by atoms with E-state index in [0.29, 0.717) is 6.54 Å². The van der Waals surface area contributed by atoms with Crippen LogP contribution in [0.2, 0.25) is 0 Å². The molecule has 0 saturated heterocycles. The molecule has 0 aliphatic rings. The molecule has 0 aliphatic heterocycles. The predicted molar refractivity (Wildman–Crippen MR) is 104 cm³/mol. The number of hydroxylamine groups is 1. The number of hydrogen-bond acceptors (Lipinski definition) is 2. The van der Waals surface area contributed by atoms with Gasteiger partial charge < -0.3 is 5.21 Å². The number of aromatic nitrogens is 1. The Morgan fingerprint density at radius 3 is 2.17 bits per heavy atom. The smallest absolute Gasteiger partial charge is 0.153 e. The summed E-state index contributed by atoms with van der Waals surface area (Å²) in [7, 11) is 0. The molecule has 0 saturated carbocycles. The molecule has 3 nitrogen and oxygen atoms in total. The number of nitrogens with zero attached hydrogens (tertiary/aromatic N) is 2. The monoisotopic (exact) mass is 332 g/mol. The summed E-state index contributed by atoms with van der Waals surface area (Å²) in [5.74, 6) is 0. The Morgan fingerprint density at radius 1 is 0.958 bits per heavy atom. The molecule has 1 rings (SSSR count). The third-order valence-corrected chi connectivity index (χ3v) is 4.44. The molecule has 0 aliphatic carbocycles. The highest BCUT2D eigenvalue weighted by atomic mass is 16.5. The van der Waals surface area contributed by atoms with Crippen molar-refractivity contribution in [2.45, 2.75) is 90.4 Å². The van der Waals surface area contributed by atoms with Gasteiger partial charge in [0, 0.05) is 25.2 Å². The van der Waals surface area contributed by atoms with Crippen LogP contribution in [-0.2, 0) is 6.42 Å². The summed E-state index contributed by atoms with van der Waals surface area (Å²) in [6, 6.07) is 4.19. The topological polar surface area (TPSA) is 39.0 Å². The summed E-state index contributed by atoms with van der Waals surface area (Å²) in [6.07, 6.45) is 21.6. The van der Waals surface area contributed by atoms with Crippen LogP contribution in [0.3, 0.4) is 0 Å². The number of hydrogen-bond donors (Lipinski definition) is 0. The van der Waals surface area contributed by atoms with Crippen molar-refractivity contribution in [3.63, 3.8) is 0 Å². The van der Waals surface area contributed by atoms with E-state index in [1.807, 2.05) is 18.5 Å². The van der Waals surface area contributed by atoms with Crippen LogP contribution in [0.5, 0.6) is 0 Å². The van der Waals surface area contributed by atoms with Gasteiger partial charge in [0.1, 0.15) is 0 Å². The summed E-state index contributed by atoms with van der Waals surface area (Å²) in [5, 5.41) is 11.4. The zero-order valence-corrected chi connectivity index (χ0v) is 15.6. The number of unbranched alkanes of at least 4 members (excludes halogenated alkanes) is 10. The van der Waals surface area contributed by atoms with Crippen LogP contribution in [0.1, 0.15) is 89.5 Å². The molecule has 1 heterocycles. The maximum Gasteiger partial charge on any atom is 0.153 e. The standard InChI is InChI=1S/C21H36N2O/c1-2-3-18-23(24)19-13-11-9-7-5-4-6-8-10-12-15-21-16-14-17-22-20-21/h14,16-18,20H,2-13,15,19H2,1H3. The largest absolute Gasteiger partial charge is 0.624 e. The summed E-state index contributed by atoms with van der Waals surface area (Å²) >= 11 is 0. The van der Waals surface area contributed by atoms with Crippen molar-refractivity contribution in [1.29, 1.82) is 0 Å². The first-order valence-corrected chi connectivity index (χ1v) is 9.99. The van der Waals surface area contributed by atoms with Crippen molar-refractivity contribution in [2.24, 2.45) is 0 Å². The Hall–Kier alpha value is -1.38. The average Bonchev–Trinajstić information content (AvgIpc) is 2.61. The second-order valence-electron chi connectivity index (χ2n) is 6.76. The van der Waals surface area contributed by atoms with E-state index < -0.39 is 0 Å². The normalized spacial score (nSPS) is 11.8. The minimum atomic E-state index is 0.678. The molecule has 0 radical (unpaired) electrons. The zero-order chi connectivity index (χ0) is 17.3. The van der Waals surface area contributed by atoms with E-state index in [0.717, 1.165) is 24.0 Å². The van der Waals surface area contributed by atoms with E-state index in [1.54, 1.807) is 6.21 Å². The second-order valence-corrected chi connectivity index (χ2v) is 6.76. The summed E-state index contributed by atoms with van der Waals surface area (Å²) in [5.41, 5.74) is 1.36. The highest BCUT2D eigenvalue weighted by molar-refractivity contribution is 5.50. The quantitative estimate of drug-likeness (QED) is 0.132. The third kappa shape index (κ3) is 12.1. The van der Waals surface area contributed by atoms with E-state index in [4.69, 9.17) is 0 Å². The van der Waals surface area contributed by atoms with E-state index in [1.165, 1.54) is 69.8 Å². The van der Waals surface area contributed by atoms with Crippen molar-refractivity contribution in [1.82, 2.24) is 4.98 Å². The fourth-order valence-electron chi connectivity index (χ4n) is 2.92. The van der Waals surface area contributed by atoms with Crippen LogP contribution in [0.15, 0.2) is 24.5 Å². The lowest BCUT2D eigenvalue weighted by Gasteiger charge is -2.04. The van der Waals surface area contributed by atoms with Crippen LogP contribution in [0.25, 0.3) is 0 Å². The van der Waals surface area contributed by atoms with Gasteiger partial charge in [-0.05, 0) is 37.3 Å². The lowest BCUT2D eigenvalue weighted by atomic mass is 10.0. The third-order valence-electron chi connectivity index (χ3n) is 4.44. The van der Waals surface area contributed by atoms with Crippen LogP contribution in [0.4, 0.5) is 0 Å². The van der Waals surface area contributed by atoms with Gasteiger partial charge in [-0.3, -0.25) is 4.98 Å². The Kier molecular flexibility index (Phi) is 13.1. The average molecular weight is 333 g/mol. The van der Waals surface area contributed by atoms with Crippen molar-refractivity contribution in [2.75, 3.05) is 6.54 Å². The minimum Gasteiger partial charge on any atom is -0.624 e. The number of pyridine rings is 1. The number of rotatable bonds is 15. The van der Waals surface area contributed by atoms with Gasteiger partial charge in [0.25, 0.3) is 0 Å². The van der Waals surface area contributed by atoms with Crippen LogP contribution >= 0.6 is 0 Å². The van der Waals surface area contributed by atoms with E-state index in [2.05, 4.69) is 18.0 Å².